The van der Waals surface area contributed by atoms with E-state index < -0.39 is 24.4 Å². The number of phenolic OH excluding ortho intramolecular Hbond substituents is 1. The first kappa shape index (κ1) is 28.4. The summed E-state index contributed by atoms with van der Waals surface area (Å²) < 4.78 is 5.55. The Morgan fingerprint density at radius 1 is 0.976 bits per heavy atom. The third kappa shape index (κ3) is 5.86. The molecule has 0 aromatic heterocycles. The summed E-state index contributed by atoms with van der Waals surface area (Å²) in [5, 5.41) is 13.1. The van der Waals surface area contributed by atoms with Crippen molar-refractivity contribution in [3.63, 3.8) is 0 Å². The minimum atomic E-state index is -0.947. The molecule has 0 aliphatic carbocycles. The van der Waals surface area contributed by atoms with Gasteiger partial charge in [0, 0.05) is 13.0 Å². The molecule has 216 valence electrons. The van der Waals surface area contributed by atoms with Gasteiger partial charge in [0.15, 0.2) is 12.3 Å². The summed E-state index contributed by atoms with van der Waals surface area (Å²) in [6, 6.07) is 19.7. The standard InChI is InChI=1S/C32H37N3O6/c1-20(2)19-40-32(39)35-28-18-33(17-24-10-7-9-23-8-5-6-11-26(23)24)30(37)27(16-22-12-14-25(36)15-13-22)34(28)31(38)29(41-35)21(3)4/h5-15,20-21,27-29,36H,16-19H2,1-4H3/t27-,28?,29+/m0/s1. The van der Waals surface area contributed by atoms with Gasteiger partial charge < -0.3 is 19.6 Å². The molecule has 1 N–H and O–H groups in total. The molecule has 3 aromatic rings. The fraction of sp³-hybridized carbons (Fsp3) is 0.406. The number of carbonyl (C=O) groups excluding carboxylic acids is 3. The van der Waals surface area contributed by atoms with Gasteiger partial charge in [0.25, 0.3) is 5.91 Å². The van der Waals surface area contributed by atoms with E-state index in [1.807, 2.05) is 70.2 Å². The highest BCUT2D eigenvalue weighted by Gasteiger charge is 2.54. The second kappa shape index (κ2) is 11.8. The topological polar surface area (TPSA) is 99.6 Å². The van der Waals surface area contributed by atoms with Gasteiger partial charge in [0.05, 0.1) is 13.2 Å². The summed E-state index contributed by atoms with van der Waals surface area (Å²) in [6.07, 6.45) is -2.29. The molecular formula is C32H37N3O6. The van der Waals surface area contributed by atoms with Crippen LogP contribution in [0.3, 0.4) is 0 Å². The number of hydrogen-bond donors (Lipinski definition) is 1. The van der Waals surface area contributed by atoms with E-state index in [1.54, 1.807) is 29.2 Å². The van der Waals surface area contributed by atoms with Crippen LogP contribution in [0.25, 0.3) is 10.8 Å². The molecule has 1 unspecified atom stereocenters. The lowest BCUT2D eigenvalue weighted by Crippen LogP contribution is -2.74. The third-order valence-corrected chi connectivity index (χ3v) is 7.57. The second-order valence-corrected chi connectivity index (χ2v) is 11.5. The molecule has 2 fully saturated rings. The molecule has 9 heteroatoms. The number of fused-ring (bicyclic) bond motifs is 2. The minimum Gasteiger partial charge on any atom is -0.508 e. The Balaban J connectivity index is 1.55. The van der Waals surface area contributed by atoms with E-state index in [9.17, 15) is 19.5 Å². The van der Waals surface area contributed by atoms with Crippen LogP contribution in [-0.2, 0) is 32.1 Å². The number of hydroxylamine groups is 2. The number of phenols is 1. The molecule has 0 saturated carbocycles. The highest BCUT2D eigenvalue weighted by Crippen LogP contribution is 2.33. The smallest absolute Gasteiger partial charge is 0.436 e. The average molecular weight is 560 g/mol. The van der Waals surface area contributed by atoms with Crippen LogP contribution in [0.2, 0.25) is 0 Å². The van der Waals surface area contributed by atoms with E-state index in [1.165, 1.54) is 4.90 Å². The molecule has 0 spiro atoms. The van der Waals surface area contributed by atoms with Gasteiger partial charge in [0.2, 0.25) is 5.91 Å². The van der Waals surface area contributed by atoms with Crippen molar-refractivity contribution in [1.29, 1.82) is 0 Å². The van der Waals surface area contributed by atoms with Crippen LogP contribution >= 0.6 is 0 Å². The number of ether oxygens (including phenoxy) is 1. The fourth-order valence-corrected chi connectivity index (χ4v) is 5.48. The van der Waals surface area contributed by atoms with Crippen LogP contribution in [0.1, 0.15) is 38.8 Å². The molecule has 0 bridgehead atoms. The van der Waals surface area contributed by atoms with Gasteiger partial charge >= 0.3 is 6.09 Å². The number of amides is 3. The Hall–Kier alpha value is -4.11. The zero-order valence-corrected chi connectivity index (χ0v) is 23.9. The first-order valence-corrected chi connectivity index (χ1v) is 14.1. The van der Waals surface area contributed by atoms with Crippen LogP contribution in [0.15, 0.2) is 66.7 Å². The van der Waals surface area contributed by atoms with E-state index >= 15 is 0 Å². The number of aromatic hydroxyl groups is 1. The SMILES string of the molecule is CC(C)COC(=O)N1O[C@H](C(C)C)C(=O)N2C1CN(Cc1cccc3ccccc13)C(=O)[C@@H]2Cc1ccc(O)cc1. The number of nitrogens with zero attached hydrogens (tertiary/aromatic N) is 3. The van der Waals surface area contributed by atoms with Crippen LogP contribution in [0.5, 0.6) is 5.75 Å². The van der Waals surface area contributed by atoms with Crippen LogP contribution in [-0.4, -0.2) is 69.3 Å². The minimum absolute atomic E-state index is 0.0709. The van der Waals surface area contributed by atoms with E-state index in [0.717, 1.165) is 27.0 Å². The zero-order chi connectivity index (χ0) is 29.3. The molecule has 3 amide bonds. The maximum absolute atomic E-state index is 14.2. The predicted octanol–water partition coefficient (Wildman–Crippen LogP) is 4.72. The molecule has 9 nitrogen and oxygen atoms in total. The van der Waals surface area contributed by atoms with Crippen molar-refractivity contribution in [3.8, 4) is 5.75 Å². The van der Waals surface area contributed by atoms with Crippen molar-refractivity contribution in [1.82, 2.24) is 14.9 Å². The Labute approximate surface area is 240 Å². The lowest BCUT2D eigenvalue weighted by atomic mass is 9.95. The molecule has 2 aliphatic rings. The van der Waals surface area contributed by atoms with Crippen LogP contribution < -0.4 is 0 Å². The normalized spacial score (nSPS) is 21.1. The van der Waals surface area contributed by atoms with Gasteiger partial charge in [-0.05, 0) is 45.9 Å². The lowest BCUT2D eigenvalue weighted by molar-refractivity contribution is -0.273. The summed E-state index contributed by atoms with van der Waals surface area (Å²) in [7, 11) is 0. The highest BCUT2D eigenvalue weighted by molar-refractivity contribution is 5.93. The molecular weight excluding hydrogens is 522 g/mol. The number of benzene rings is 3. The Morgan fingerprint density at radius 3 is 2.39 bits per heavy atom. The Bertz CT molecular complexity index is 1420. The van der Waals surface area contributed by atoms with Crippen LogP contribution in [0.4, 0.5) is 4.79 Å². The number of piperazine rings is 1. The fourth-order valence-electron chi connectivity index (χ4n) is 5.48. The monoisotopic (exact) mass is 559 g/mol. The second-order valence-electron chi connectivity index (χ2n) is 11.5. The highest BCUT2D eigenvalue weighted by atomic mass is 16.7. The Morgan fingerprint density at radius 2 is 1.68 bits per heavy atom. The van der Waals surface area contributed by atoms with Crippen molar-refractivity contribution in [3.05, 3.63) is 77.9 Å². The zero-order valence-electron chi connectivity index (χ0n) is 23.9. The van der Waals surface area contributed by atoms with E-state index in [-0.39, 0.29) is 49.0 Å². The first-order chi connectivity index (χ1) is 19.6. The van der Waals surface area contributed by atoms with Gasteiger partial charge in [-0.2, -0.15) is 5.06 Å². The average Bonchev–Trinajstić information content (AvgIpc) is 2.95. The lowest BCUT2D eigenvalue weighted by Gasteiger charge is -2.53. The van der Waals surface area contributed by atoms with Gasteiger partial charge in [-0.25, -0.2) is 4.79 Å². The van der Waals surface area contributed by atoms with Gasteiger partial charge in [-0.1, -0.05) is 82.3 Å². The van der Waals surface area contributed by atoms with Crippen molar-refractivity contribution in [2.45, 2.75) is 59.0 Å². The van der Waals surface area contributed by atoms with Crippen molar-refractivity contribution in [2.24, 2.45) is 11.8 Å². The maximum Gasteiger partial charge on any atom is 0.436 e. The predicted molar refractivity (Wildman–Crippen MR) is 153 cm³/mol. The summed E-state index contributed by atoms with van der Waals surface area (Å²) in [5.74, 6) is -0.571. The van der Waals surface area contributed by atoms with Crippen molar-refractivity contribution >= 4 is 28.7 Å². The molecule has 0 radical (unpaired) electrons. The molecule has 2 saturated heterocycles. The summed E-state index contributed by atoms with van der Waals surface area (Å²) in [4.78, 5) is 50.7. The molecule has 2 aliphatic heterocycles. The van der Waals surface area contributed by atoms with E-state index in [2.05, 4.69) is 0 Å². The van der Waals surface area contributed by atoms with Crippen molar-refractivity contribution < 1.29 is 29.1 Å². The van der Waals surface area contributed by atoms with Gasteiger partial charge in [-0.3, -0.25) is 14.4 Å². The number of carbonyl (C=O) groups is 3. The van der Waals surface area contributed by atoms with Gasteiger partial charge in [-0.15, -0.1) is 0 Å². The summed E-state index contributed by atoms with van der Waals surface area (Å²) >= 11 is 0. The maximum atomic E-state index is 14.2. The largest absolute Gasteiger partial charge is 0.508 e. The van der Waals surface area contributed by atoms with Gasteiger partial charge in [0.1, 0.15) is 11.8 Å². The van der Waals surface area contributed by atoms with Crippen LogP contribution in [0, 0.1) is 11.8 Å². The first-order valence-electron chi connectivity index (χ1n) is 14.1. The molecule has 41 heavy (non-hydrogen) atoms. The Kier molecular flexibility index (Phi) is 8.17. The van der Waals surface area contributed by atoms with E-state index in [0.29, 0.717) is 6.54 Å². The third-order valence-electron chi connectivity index (χ3n) is 7.57. The summed E-state index contributed by atoms with van der Waals surface area (Å²) in [6.45, 7) is 8.13. The molecule has 3 atom stereocenters. The van der Waals surface area contributed by atoms with Crippen molar-refractivity contribution in [2.75, 3.05) is 13.2 Å². The number of rotatable bonds is 7. The quantitative estimate of drug-likeness (QED) is 0.450. The van der Waals surface area contributed by atoms with E-state index in [4.69, 9.17) is 9.57 Å². The molecule has 5 rings (SSSR count). The molecule has 3 aromatic carbocycles. The molecule has 2 heterocycles. The number of hydrogen-bond acceptors (Lipinski definition) is 6. The summed E-state index contributed by atoms with van der Waals surface area (Å²) in [5.41, 5.74) is 1.74.